The van der Waals surface area contributed by atoms with Crippen molar-refractivity contribution >= 4 is 34.0 Å². The fourth-order valence-electron chi connectivity index (χ4n) is 2.69. The van der Waals surface area contributed by atoms with Gasteiger partial charge in [-0.3, -0.25) is 9.39 Å². The Morgan fingerprint density at radius 3 is 2.88 bits per heavy atom. The molecule has 0 saturated heterocycles. The van der Waals surface area contributed by atoms with Gasteiger partial charge in [-0.15, -0.1) is 23.1 Å². The molecule has 0 aliphatic heterocycles. The zero-order valence-corrected chi connectivity index (χ0v) is 15.7. The number of imidazole rings is 1. The van der Waals surface area contributed by atoms with E-state index in [0.29, 0.717) is 11.3 Å². The number of rotatable bonds is 6. The summed E-state index contributed by atoms with van der Waals surface area (Å²) in [5.74, 6) is 0.830. The first-order valence-electron chi connectivity index (χ1n) is 8.36. The molecule has 1 saturated carbocycles. The maximum atomic E-state index is 4.59. The second kappa shape index (κ2) is 7.09. The number of nitrogens with one attached hydrogen (secondary N) is 2. The van der Waals surface area contributed by atoms with Gasteiger partial charge in [0.25, 0.3) is 0 Å². The number of fused-ring (bicyclic) bond motifs is 1. The molecule has 1 aliphatic carbocycles. The molecule has 0 bridgehead atoms. The Kier molecular flexibility index (Phi) is 4.67. The normalized spacial score (nSPS) is 16.1. The van der Waals surface area contributed by atoms with E-state index in [9.17, 15) is 0 Å². The average molecular weight is 372 g/mol. The molecule has 0 spiro atoms. The summed E-state index contributed by atoms with van der Waals surface area (Å²) in [6.07, 6.45) is 6.57. The van der Waals surface area contributed by atoms with Crippen molar-refractivity contribution in [3.63, 3.8) is 0 Å². The molecule has 1 aromatic carbocycles. The highest BCUT2D eigenvalue weighted by Gasteiger charge is 2.43. The van der Waals surface area contributed by atoms with Crippen LogP contribution in [0.1, 0.15) is 18.5 Å². The third-order valence-electron chi connectivity index (χ3n) is 4.27. The molecule has 0 radical (unpaired) electrons. The van der Waals surface area contributed by atoms with Gasteiger partial charge < -0.3 is 10.6 Å². The minimum absolute atomic E-state index is 0.302. The van der Waals surface area contributed by atoms with E-state index in [0.717, 1.165) is 23.2 Å². The van der Waals surface area contributed by atoms with Gasteiger partial charge in [-0.1, -0.05) is 18.2 Å². The molecule has 4 rings (SSSR count). The van der Waals surface area contributed by atoms with Crippen LogP contribution in [-0.4, -0.2) is 33.7 Å². The lowest BCUT2D eigenvalue weighted by Gasteiger charge is -2.18. The quantitative estimate of drug-likeness (QED) is 0.515. The second-order valence-electron chi connectivity index (χ2n) is 6.20. The molecule has 2 heterocycles. The molecule has 5 nitrogen and oxygen atoms in total. The maximum absolute atomic E-state index is 4.59. The van der Waals surface area contributed by atoms with Crippen LogP contribution in [0.4, 0.5) is 0 Å². The van der Waals surface area contributed by atoms with Crippen LogP contribution in [0.5, 0.6) is 0 Å². The largest absolute Gasteiger partial charge is 0.355 e. The van der Waals surface area contributed by atoms with E-state index in [2.05, 4.69) is 57.1 Å². The number of benzene rings is 1. The summed E-state index contributed by atoms with van der Waals surface area (Å²) >= 11 is 3.61. The molecule has 2 N–H and O–H groups in total. The van der Waals surface area contributed by atoms with E-state index in [1.54, 1.807) is 11.3 Å². The SMILES string of the molecule is CN=C(NCc1cn2ccsc2n1)NCC1(Sc2ccccc2)CC1. The first-order chi connectivity index (χ1) is 12.3. The van der Waals surface area contributed by atoms with Gasteiger partial charge in [0.1, 0.15) is 0 Å². The van der Waals surface area contributed by atoms with Gasteiger partial charge >= 0.3 is 0 Å². The molecule has 25 heavy (non-hydrogen) atoms. The Morgan fingerprint density at radius 2 is 2.16 bits per heavy atom. The molecular formula is C18H21N5S2. The van der Waals surface area contributed by atoms with Gasteiger partial charge in [0, 0.05) is 41.0 Å². The highest BCUT2D eigenvalue weighted by Crippen LogP contribution is 2.51. The van der Waals surface area contributed by atoms with Crippen LogP contribution in [-0.2, 0) is 6.54 Å². The molecule has 0 amide bonds. The summed E-state index contributed by atoms with van der Waals surface area (Å²) in [6, 6.07) is 10.6. The average Bonchev–Trinajstić information content (AvgIpc) is 3.06. The number of thiazole rings is 1. The number of aliphatic imine (C=N–C) groups is 1. The van der Waals surface area contributed by atoms with E-state index in [4.69, 9.17) is 0 Å². The predicted molar refractivity (Wildman–Crippen MR) is 106 cm³/mol. The number of guanidine groups is 1. The minimum atomic E-state index is 0.302. The number of nitrogens with zero attached hydrogens (tertiary/aromatic N) is 3. The molecule has 0 atom stereocenters. The molecule has 7 heteroatoms. The maximum Gasteiger partial charge on any atom is 0.193 e. The molecule has 3 aromatic rings. The molecule has 0 unspecified atom stereocenters. The van der Waals surface area contributed by atoms with Gasteiger partial charge in [-0.25, -0.2) is 4.98 Å². The number of hydrogen-bond donors (Lipinski definition) is 2. The summed E-state index contributed by atoms with van der Waals surface area (Å²) < 4.78 is 2.35. The summed E-state index contributed by atoms with van der Waals surface area (Å²) in [7, 11) is 1.81. The number of hydrogen-bond acceptors (Lipinski definition) is 4. The Labute approximate surface area is 155 Å². The summed E-state index contributed by atoms with van der Waals surface area (Å²) in [6.45, 7) is 1.59. The topological polar surface area (TPSA) is 53.7 Å². The Hall–Kier alpha value is -1.99. The van der Waals surface area contributed by atoms with Crippen molar-refractivity contribution in [2.24, 2.45) is 4.99 Å². The van der Waals surface area contributed by atoms with Gasteiger partial charge in [0.05, 0.1) is 12.2 Å². The Bertz CT molecular complexity index is 835. The monoisotopic (exact) mass is 371 g/mol. The van der Waals surface area contributed by atoms with Crippen LogP contribution in [0.15, 0.2) is 58.0 Å². The van der Waals surface area contributed by atoms with E-state index >= 15 is 0 Å². The van der Waals surface area contributed by atoms with Crippen LogP contribution >= 0.6 is 23.1 Å². The minimum Gasteiger partial charge on any atom is -0.355 e. The van der Waals surface area contributed by atoms with E-state index in [-0.39, 0.29) is 0 Å². The lowest BCUT2D eigenvalue weighted by atomic mass is 10.4. The fraction of sp³-hybridized carbons (Fsp3) is 0.333. The smallest absolute Gasteiger partial charge is 0.193 e. The van der Waals surface area contributed by atoms with Crippen molar-refractivity contribution in [2.75, 3.05) is 13.6 Å². The molecule has 2 aromatic heterocycles. The van der Waals surface area contributed by atoms with Crippen molar-refractivity contribution in [3.05, 3.63) is 53.8 Å². The zero-order valence-electron chi connectivity index (χ0n) is 14.1. The zero-order chi connectivity index (χ0) is 17.1. The summed E-state index contributed by atoms with van der Waals surface area (Å²) in [4.78, 5) is 11.3. The standard InChI is InChI=1S/C18H21N5S2/c1-19-16(20-11-14-12-23-9-10-24-17(23)22-14)21-13-18(7-8-18)25-15-5-3-2-4-6-15/h2-6,9-10,12H,7-8,11,13H2,1H3,(H2,19,20,21). The molecule has 1 aliphatic rings. The lowest BCUT2D eigenvalue weighted by Crippen LogP contribution is -2.40. The van der Waals surface area contributed by atoms with Gasteiger partial charge in [0.2, 0.25) is 0 Å². The highest BCUT2D eigenvalue weighted by atomic mass is 32.2. The van der Waals surface area contributed by atoms with E-state index in [1.165, 1.54) is 17.7 Å². The van der Waals surface area contributed by atoms with E-state index in [1.807, 2.05) is 34.8 Å². The van der Waals surface area contributed by atoms with Crippen LogP contribution in [0.2, 0.25) is 0 Å². The first kappa shape index (κ1) is 16.5. The van der Waals surface area contributed by atoms with Crippen molar-refractivity contribution in [2.45, 2.75) is 29.0 Å². The van der Waals surface area contributed by atoms with Gasteiger partial charge in [0.15, 0.2) is 10.9 Å². The Morgan fingerprint density at radius 1 is 1.32 bits per heavy atom. The first-order valence-corrected chi connectivity index (χ1v) is 10.1. The van der Waals surface area contributed by atoms with E-state index < -0.39 is 0 Å². The summed E-state index contributed by atoms with van der Waals surface area (Å²) in [5.41, 5.74) is 1.02. The number of thioether (sulfide) groups is 1. The number of aromatic nitrogens is 2. The molecule has 1 fully saturated rings. The summed E-state index contributed by atoms with van der Waals surface area (Å²) in [5, 5.41) is 8.88. The third kappa shape index (κ3) is 3.99. The predicted octanol–water partition coefficient (Wildman–Crippen LogP) is 3.39. The van der Waals surface area contributed by atoms with Crippen molar-refractivity contribution in [1.29, 1.82) is 0 Å². The van der Waals surface area contributed by atoms with Crippen LogP contribution in [0.25, 0.3) is 4.96 Å². The van der Waals surface area contributed by atoms with Crippen molar-refractivity contribution in [1.82, 2.24) is 20.0 Å². The van der Waals surface area contributed by atoms with Crippen molar-refractivity contribution < 1.29 is 0 Å². The van der Waals surface area contributed by atoms with Gasteiger partial charge in [-0.2, -0.15) is 0 Å². The van der Waals surface area contributed by atoms with Crippen LogP contribution in [0, 0.1) is 0 Å². The molecule has 130 valence electrons. The fourth-order valence-corrected chi connectivity index (χ4v) is 4.66. The van der Waals surface area contributed by atoms with Crippen LogP contribution < -0.4 is 10.6 Å². The third-order valence-corrected chi connectivity index (χ3v) is 6.53. The Balaban J connectivity index is 1.29. The second-order valence-corrected chi connectivity index (χ2v) is 8.62. The van der Waals surface area contributed by atoms with Crippen LogP contribution in [0.3, 0.4) is 0 Å². The highest BCUT2D eigenvalue weighted by molar-refractivity contribution is 8.01. The van der Waals surface area contributed by atoms with Gasteiger partial charge in [-0.05, 0) is 25.0 Å². The lowest BCUT2D eigenvalue weighted by molar-refractivity contribution is 0.761. The molecular weight excluding hydrogens is 350 g/mol. The van der Waals surface area contributed by atoms with Crippen molar-refractivity contribution in [3.8, 4) is 0 Å².